The minimum Gasteiger partial charge on any atom is -0.215 e. The molecule has 0 aliphatic carbocycles. The molecule has 0 aliphatic rings. The van der Waals surface area contributed by atoms with Gasteiger partial charge in [0, 0.05) is 10.4 Å². The van der Waals surface area contributed by atoms with Crippen LogP contribution in [0.5, 0.6) is 0 Å². The predicted molar refractivity (Wildman–Crippen MR) is 74.1 cm³/mol. The summed E-state index contributed by atoms with van der Waals surface area (Å²) in [5.74, 6) is 0.613. The first-order valence-corrected chi connectivity index (χ1v) is 7.04. The van der Waals surface area contributed by atoms with E-state index in [9.17, 15) is 0 Å². The Hall–Kier alpha value is -0.640. The summed E-state index contributed by atoms with van der Waals surface area (Å²) in [5.41, 5.74) is 0.810. The molecule has 2 heterocycles. The Bertz CT molecular complexity index is 514. The maximum atomic E-state index is 6.09. The van der Waals surface area contributed by atoms with E-state index in [0.717, 1.165) is 23.3 Å². The van der Waals surface area contributed by atoms with Crippen LogP contribution in [0.25, 0.3) is 10.7 Å². The Morgan fingerprint density at radius 3 is 2.18 bits per heavy atom. The summed E-state index contributed by atoms with van der Waals surface area (Å²) in [6.07, 6.45) is 1.75. The first-order chi connectivity index (χ1) is 8.15. The van der Waals surface area contributed by atoms with E-state index in [1.807, 2.05) is 13.0 Å². The maximum absolute atomic E-state index is 6.09. The number of hydrogen-bond donors (Lipinski definition) is 0. The van der Waals surface area contributed by atoms with E-state index in [1.54, 1.807) is 11.3 Å². The van der Waals surface area contributed by atoms with Crippen molar-refractivity contribution in [3.63, 3.8) is 0 Å². The molecule has 0 saturated carbocycles. The Kier molecular flexibility index (Phi) is 4.02. The highest BCUT2D eigenvalue weighted by Gasteiger charge is 2.12. The average Bonchev–Trinajstić information content (AvgIpc) is 2.77. The van der Waals surface area contributed by atoms with E-state index in [-0.39, 0.29) is 0 Å². The zero-order valence-electron chi connectivity index (χ0n) is 9.63. The summed E-state index contributed by atoms with van der Waals surface area (Å²) >= 11 is 13.9. The van der Waals surface area contributed by atoms with Gasteiger partial charge in [-0.3, -0.25) is 0 Å². The highest BCUT2D eigenvalue weighted by Crippen LogP contribution is 2.30. The van der Waals surface area contributed by atoms with E-state index in [0.29, 0.717) is 16.1 Å². The second kappa shape index (κ2) is 5.34. The third-order valence-corrected chi connectivity index (χ3v) is 4.34. The molecule has 90 valence electrons. The summed E-state index contributed by atoms with van der Waals surface area (Å²) < 4.78 is 0. The van der Waals surface area contributed by atoms with Crippen molar-refractivity contribution in [3.8, 4) is 10.7 Å². The van der Waals surface area contributed by atoms with Crippen molar-refractivity contribution >= 4 is 34.5 Å². The van der Waals surface area contributed by atoms with Crippen molar-refractivity contribution in [2.45, 2.75) is 26.7 Å². The van der Waals surface area contributed by atoms with Gasteiger partial charge in [-0.1, -0.05) is 37.0 Å². The van der Waals surface area contributed by atoms with Gasteiger partial charge in [0.1, 0.15) is 10.3 Å². The van der Waals surface area contributed by atoms with E-state index in [2.05, 4.69) is 23.0 Å². The normalized spacial score (nSPS) is 10.8. The third kappa shape index (κ3) is 2.62. The lowest BCUT2D eigenvalue weighted by molar-refractivity contribution is 1.05. The van der Waals surface area contributed by atoms with Gasteiger partial charge >= 0.3 is 0 Å². The molecule has 0 aliphatic heterocycles. The van der Waals surface area contributed by atoms with Gasteiger partial charge in [-0.05, 0) is 25.0 Å². The molecule has 0 spiro atoms. The molecule has 0 saturated heterocycles. The van der Waals surface area contributed by atoms with Crippen molar-refractivity contribution in [3.05, 3.63) is 32.9 Å². The SMILES string of the molecule is CCc1ccc(-c2nc(Cl)c(CC)c(Cl)n2)s1. The van der Waals surface area contributed by atoms with Crippen LogP contribution in [0.2, 0.25) is 10.3 Å². The van der Waals surface area contributed by atoms with Crippen LogP contribution < -0.4 is 0 Å². The Morgan fingerprint density at radius 1 is 1.06 bits per heavy atom. The van der Waals surface area contributed by atoms with Gasteiger partial charge in [0.05, 0.1) is 4.88 Å². The molecule has 0 atom stereocenters. The summed E-state index contributed by atoms with van der Waals surface area (Å²) in [6.45, 7) is 4.10. The number of thiophene rings is 1. The number of rotatable bonds is 3. The molecule has 0 unspecified atom stereocenters. The molecule has 2 rings (SSSR count). The Morgan fingerprint density at radius 2 is 1.71 bits per heavy atom. The Labute approximate surface area is 115 Å². The lowest BCUT2D eigenvalue weighted by Gasteiger charge is -2.04. The van der Waals surface area contributed by atoms with Gasteiger partial charge in [0.15, 0.2) is 5.82 Å². The van der Waals surface area contributed by atoms with Crippen LogP contribution in [0.4, 0.5) is 0 Å². The van der Waals surface area contributed by atoms with Crippen LogP contribution in [-0.2, 0) is 12.8 Å². The van der Waals surface area contributed by atoms with Gasteiger partial charge < -0.3 is 0 Å². The monoisotopic (exact) mass is 286 g/mol. The number of aromatic nitrogens is 2. The number of hydrogen-bond acceptors (Lipinski definition) is 3. The number of aryl methyl sites for hydroxylation is 1. The molecule has 0 amide bonds. The highest BCUT2D eigenvalue weighted by atomic mass is 35.5. The number of halogens is 2. The van der Waals surface area contributed by atoms with Gasteiger partial charge in [-0.15, -0.1) is 11.3 Å². The van der Waals surface area contributed by atoms with Crippen LogP contribution in [0.15, 0.2) is 12.1 Å². The minimum atomic E-state index is 0.453. The molecule has 0 aromatic carbocycles. The van der Waals surface area contributed by atoms with E-state index in [1.165, 1.54) is 4.88 Å². The maximum Gasteiger partial charge on any atom is 0.172 e. The molecule has 2 nitrogen and oxygen atoms in total. The molecule has 0 bridgehead atoms. The fourth-order valence-electron chi connectivity index (χ4n) is 1.52. The molecule has 5 heteroatoms. The first-order valence-electron chi connectivity index (χ1n) is 5.46. The zero-order valence-corrected chi connectivity index (χ0v) is 12.0. The molecule has 2 aromatic heterocycles. The topological polar surface area (TPSA) is 25.8 Å². The molecular weight excluding hydrogens is 275 g/mol. The van der Waals surface area contributed by atoms with E-state index >= 15 is 0 Å². The number of nitrogens with zero attached hydrogens (tertiary/aromatic N) is 2. The van der Waals surface area contributed by atoms with Crippen LogP contribution in [-0.4, -0.2) is 9.97 Å². The summed E-state index contributed by atoms with van der Waals surface area (Å²) in [4.78, 5) is 10.9. The predicted octanol–water partition coefficient (Wildman–Crippen LogP) is 4.64. The third-order valence-electron chi connectivity index (χ3n) is 2.49. The van der Waals surface area contributed by atoms with E-state index < -0.39 is 0 Å². The zero-order chi connectivity index (χ0) is 12.4. The van der Waals surface area contributed by atoms with Crippen LogP contribution in [0.3, 0.4) is 0 Å². The largest absolute Gasteiger partial charge is 0.215 e. The second-order valence-corrected chi connectivity index (χ2v) is 5.46. The van der Waals surface area contributed by atoms with E-state index in [4.69, 9.17) is 23.2 Å². The Balaban J connectivity index is 2.46. The van der Waals surface area contributed by atoms with Gasteiger partial charge in [-0.25, -0.2) is 9.97 Å². The van der Waals surface area contributed by atoms with Gasteiger partial charge in [0.25, 0.3) is 0 Å². The highest BCUT2D eigenvalue weighted by molar-refractivity contribution is 7.15. The van der Waals surface area contributed by atoms with Gasteiger partial charge in [0.2, 0.25) is 0 Å². The molecule has 0 radical (unpaired) electrons. The molecule has 0 N–H and O–H groups in total. The average molecular weight is 287 g/mol. The molecule has 0 fully saturated rings. The summed E-state index contributed by atoms with van der Waals surface area (Å²) in [6, 6.07) is 4.09. The lowest BCUT2D eigenvalue weighted by atomic mass is 10.2. The summed E-state index contributed by atoms with van der Waals surface area (Å²) in [7, 11) is 0. The van der Waals surface area contributed by atoms with Crippen LogP contribution in [0, 0.1) is 0 Å². The standard InChI is InChI=1S/C12H12Cl2N2S/c1-3-7-5-6-9(17-7)12-15-10(13)8(4-2)11(14)16-12/h5-6H,3-4H2,1-2H3. The van der Waals surface area contributed by atoms with Crippen LogP contribution in [0.1, 0.15) is 24.3 Å². The molecular formula is C12H12Cl2N2S. The van der Waals surface area contributed by atoms with Gasteiger partial charge in [-0.2, -0.15) is 0 Å². The quantitative estimate of drug-likeness (QED) is 0.769. The molecule has 2 aromatic rings. The second-order valence-electron chi connectivity index (χ2n) is 3.58. The smallest absolute Gasteiger partial charge is 0.172 e. The van der Waals surface area contributed by atoms with Crippen LogP contribution >= 0.6 is 34.5 Å². The molecule has 17 heavy (non-hydrogen) atoms. The van der Waals surface area contributed by atoms with Crippen molar-refractivity contribution < 1.29 is 0 Å². The van der Waals surface area contributed by atoms with Crippen molar-refractivity contribution in [1.82, 2.24) is 9.97 Å². The fraction of sp³-hybridized carbons (Fsp3) is 0.333. The minimum absolute atomic E-state index is 0.453. The summed E-state index contributed by atoms with van der Waals surface area (Å²) in [5, 5.41) is 0.905. The first kappa shape index (κ1) is 12.8. The van der Waals surface area contributed by atoms with Crippen molar-refractivity contribution in [2.24, 2.45) is 0 Å². The van der Waals surface area contributed by atoms with Crippen molar-refractivity contribution in [1.29, 1.82) is 0 Å². The fourth-order valence-corrected chi connectivity index (χ4v) is 3.06. The lowest BCUT2D eigenvalue weighted by Crippen LogP contribution is -1.95. The van der Waals surface area contributed by atoms with Crippen molar-refractivity contribution in [2.75, 3.05) is 0 Å².